The van der Waals surface area contributed by atoms with Gasteiger partial charge in [0.1, 0.15) is 0 Å². The Morgan fingerprint density at radius 3 is 2.62 bits per heavy atom. The Labute approximate surface area is 138 Å². The lowest BCUT2D eigenvalue weighted by molar-refractivity contribution is -0.113. The molecule has 0 aromatic heterocycles. The van der Waals surface area contributed by atoms with Crippen LogP contribution in [0.5, 0.6) is 0 Å². The number of carbonyl (C=O) groups is 1. The van der Waals surface area contributed by atoms with Crippen LogP contribution in [-0.2, 0) is 4.79 Å². The number of benzene rings is 1. The van der Waals surface area contributed by atoms with Crippen LogP contribution in [0, 0.1) is 0 Å². The molecule has 0 unspecified atom stereocenters. The van der Waals surface area contributed by atoms with E-state index in [1.807, 2.05) is 24.4 Å². The summed E-state index contributed by atoms with van der Waals surface area (Å²) in [7, 11) is 0. The molecular formula is C15H15ClN2OS2. The lowest BCUT2D eigenvalue weighted by Crippen LogP contribution is -2.29. The second-order valence-corrected chi connectivity index (χ2v) is 7.13. The van der Waals surface area contributed by atoms with Gasteiger partial charge in [-0.1, -0.05) is 47.7 Å². The average molecular weight is 339 g/mol. The van der Waals surface area contributed by atoms with Gasteiger partial charge in [-0.15, -0.1) is 0 Å². The molecule has 2 fully saturated rings. The first-order valence-electron chi connectivity index (χ1n) is 6.93. The number of halogens is 1. The van der Waals surface area contributed by atoms with Gasteiger partial charge in [-0.2, -0.15) is 0 Å². The SMILES string of the molecule is O=C1C(=CN2CCCCC2)SC(=S)N1c1ccccc1Cl. The van der Waals surface area contributed by atoms with Gasteiger partial charge in [0.15, 0.2) is 4.32 Å². The highest BCUT2D eigenvalue weighted by Gasteiger charge is 2.34. The highest BCUT2D eigenvalue weighted by Crippen LogP contribution is 2.38. The van der Waals surface area contributed by atoms with Gasteiger partial charge in [-0.25, -0.2) is 0 Å². The number of rotatable bonds is 2. The van der Waals surface area contributed by atoms with Crippen LogP contribution in [-0.4, -0.2) is 28.2 Å². The van der Waals surface area contributed by atoms with Crippen molar-refractivity contribution in [1.29, 1.82) is 0 Å². The molecule has 1 aromatic rings. The maximum absolute atomic E-state index is 12.6. The van der Waals surface area contributed by atoms with E-state index in [1.165, 1.54) is 35.9 Å². The first-order valence-corrected chi connectivity index (χ1v) is 8.54. The lowest BCUT2D eigenvalue weighted by Gasteiger charge is -2.25. The Bertz CT molecular complexity index is 611. The predicted molar refractivity (Wildman–Crippen MR) is 92.6 cm³/mol. The van der Waals surface area contributed by atoms with E-state index in [2.05, 4.69) is 4.90 Å². The molecule has 0 bridgehead atoms. The summed E-state index contributed by atoms with van der Waals surface area (Å²) in [5.74, 6) is -0.0799. The van der Waals surface area contributed by atoms with E-state index < -0.39 is 0 Å². The number of likely N-dealkylation sites (tertiary alicyclic amines) is 1. The number of nitrogens with zero attached hydrogens (tertiary/aromatic N) is 2. The van der Waals surface area contributed by atoms with Crippen LogP contribution in [0.3, 0.4) is 0 Å². The monoisotopic (exact) mass is 338 g/mol. The average Bonchev–Trinajstić information content (AvgIpc) is 2.76. The minimum Gasteiger partial charge on any atom is -0.376 e. The second-order valence-electron chi connectivity index (χ2n) is 5.05. The van der Waals surface area contributed by atoms with Crippen molar-refractivity contribution in [3.63, 3.8) is 0 Å². The zero-order chi connectivity index (χ0) is 14.8. The number of amides is 1. The van der Waals surface area contributed by atoms with E-state index >= 15 is 0 Å². The minimum absolute atomic E-state index is 0.0799. The summed E-state index contributed by atoms with van der Waals surface area (Å²) in [6.07, 6.45) is 5.59. The third kappa shape index (κ3) is 3.10. The van der Waals surface area contributed by atoms with Crippen LogP contribution < -0.4 is 4.90 Å². The zero-order valence-electron chi connectivity index (χ0n) is 11.4. The van der Waals surface area contributed by atoms with Crippen molar-refractivity contribution in [1.82, 2.24) is 4.90 Å². The molecule has 2 heterocycles. The van der Waals surface area contributed by atoms with Crippen molar-refractivity contribution in [2.24, 2.45) is 0 Å². The third-order valence-electron chi connectivity index (χ3n) is 3.58. The van der Waals surface area contributed by atoms with E-state index in [1.54, 1.807) is 6.07 Å². The number of thioether (sulfide) groups is 1. The summed E-state index contributed by atoms with van der Waals surface area (Å²) in [6, 6.07) is 7.28. The van der Waals surface area contributed by atoms with Gasteiger partial charge in [0.25, 0.3) is 5.91 Å². The second kappa shape index (κ2) is 6.38. The molecule has 2 aliphatic rings. The topological polar surface area (TPSA) is 23.6 Å². The molecule has 110 valence electrons. The molecule has 1 aromatic carbocycles. The van der Waals surface area contributed by atoms with Crippen LogP contribution in [0.4, 0.5) is 5.69 Å². The summed E-state index contributed by atoms with van der Waals surface area (Å²) < 4.78 is 0.538. The third-order valence-corrected chi connectivity index (χ3v) is 5.19. The standard InChI is InChI=1S/C15H15ClN2OS2/c16-11-6-2-3-7-12(11)18-14(19)13(21-15(18)20)10-17-8-4-1-5-9-17/h2-3,6-7,10H,1,4-5,8-9H2. The number of para-hydroxylation sites is 1. The van der Waals surface area contributed by atoms with Crippen LogP contribution in [0.25, 0.3) is 0 Å². The quantitative estimate of drug-likeness (QED) is 0.600. The molecule has 21 heavy (non-hydrogen) atoms. The molecule has 0 radical (unpaired) electrons. The fourth-order valence-corrected chi connectivity index (χ4v) is 4.02. The Morgan fingerprint density at radius 1 is 1.19 bits per heavy atom. The maximum Gasteiger partial charge on any atom is 0.272 e. The van der Waals surface area contributed by atoms with Gasteiger partial charge in [0.05, 0.1) is 15.6 Å². The molecule has 0 aliphatic carbocycles. The van der Waals surface area contributed by atoms with Gasteiger partial charge < -0.3 is 4.90 Å². The van der Waals surface area contributed by atoms with E-state index in [9.17, 15) is 4.79 Å². The van der Waals surface area contributed by atoms with Gasteiger partial charge in [0, 0.05) is 19.3 Å². The Morgan fingerprint density at radius 2 is 1.90 bits per heavy atom. The van der Waals surface area contributed by atoms with Gasteiger partial charge in [0.2, 0.25) is 0 Å². The van der Waals surface area contributed by atoms with Crippen molar-refractivity contribution in [2.45, 2.75) is 19.3 Å². The Balaban J connectivity index is 1.85. The summed E-state index contributed by atoms with van der Waals surface area (Å²) in [6.45, 7) is 2.02. The van der Waals surface area contributed by atoms with E-state index in [0.29, 0.717) is 19.9 Å². The molecule has 6 heteroatoms. The Kier molecular flexibility index (Phi) is 4.52. The summed E-state index contributed by atoms with van der Waals surface area (Å²) in [5, 5.41) is 0.535. The number of carbonyl (C=O) groups excluding carboxylic acids is 1. The normalized spacial score (nSPS) is 21.5. The van der Waals surface area contributed by atoms with Crippen LogP contribution >= 0.6 is 35.6 Å². The van der Waals surface area contributed by atoms with Gasteiger partial charge in [-0.3, -0.25) is 9.69 Å². The highest BCUT2D eigenvalue weighted by molar-refractivity contribution is 8.27. The minimum atomic E-state index is -0.0799. The molecular weight excluding hydrogens is 324 g/mol. The molecule has 2 aliphatic heterocycles. The van der Waals surface area contributed by atoms with Crippen LogP contribution in [0.2, 0.25) is 5.02 Å². The van der Waals surface area contributed by atoms with E-state index in [0.717, 1.165) is 13.1 Å². The molecule has 0 spiro atoms. The van der Waals surface area contributed by atoms with Crippen molar-refractivity contribution < 1.29 is 4.79 Å². The summed E-state index contributed by atoms with van der Waals surface area (Å²) in [5.41, 5.74) is 0.656. The smallest absolute Gasteiger partial charge is 0.272 e. The molecule has 3 rings (SSSR count). The molecule has 0 atom stereocenters. The molecule has 1 amide bonds. The zero-order valence-corrected chi connectivity index (χ0v) is 13.8. The first kappa shape index (κ1) is 14.9. The van der Waals surface area contributed by atoms with Gasteiger partial charge in [-0.05, 0) is 31.4 Å². The lowest BCUT2D eigenvalue weighted by atomic mass is 10.1. The number of piperidine rings is 1. The number of thiocarbonyl (C=S) groups is 1. The number of hydrogen-bond acceptors (Lipinski definition) is 4. The largest absolute Gasteiger partial charge is 0.376 e. The highest BCUT2D eigenvalue weighted by atomic mass is 35.5. The fourth-order valence-electron chi connectivity index (χ4n) is 2.51. The van der Waals surface area contributed by atoms with E-state index in [4.69, 9.17) is 23.8 Å². The van der Waals surface area contributed by atoms with Crippen LogP contribution in [0.1, 0.15) is 19.3 Å². The van der Waals surface area contributed by atoms with E-state index in [-0.39, 0.29) is 5.91 Å². The summed E-state index contributed by atoms with van der Waals surface area (Å²) in [4.78, 5) is 17.0. The van der Waals surface area contributed by atoms with Gasteiger partial charge >= 0.3 is 0 Å². The molecule has 2 saturated heterocycles. The Hall–Kier alpha value is -1.04. The predicted octanol–water partition coefficient (Wildman–Crippen LogP) is 4.03. The fraction of sp³-hybridized carbons (Fsp3) is 0.333. The number of anilines is 1. The van der Waals surface area contributed by atoms with Crippen LogP contribution in [0.15, 0.2) is 35.4 Å². The van der Waals surface area contributed by atoms with Crippen molar-refractivity contribution in [2.75, 3.05) is 18.0 Å². The molecule has 0 N–H and O–H groups in total. The van der Waals surface area contributed by atoms with Crippen molar-refractivity contribution >= 4 is 51.5 Å². The molecule has 3 nitrogen and oxygen atoms in total. The number of hydrogen-bond donors (Lipinski definition) is 0. The van der Waals surface area contributed by atoms with Crippen molar-refractivity contribution in [3.8, 4) is 0 Å². The first-order chi connectivity index (χ1) is 10.2. The van der Waals surface area contributed by atoms with Crippen molar-refractivity contribution in [3.05, 3.63) is 40.4 Å². The summed E-state index contributed by atoms with van der Waals surface area (Å²) >= 11 is 12.9. The molecule has 0 saturated carbocycles. The maximum atomic E-state index is 12.6.